The van der Waals surface area contributed by atoms with Crippen molar-refractivity contribution in [2.24, 2.45) is 17.8 Å². The number of esters is 1. The van der Waals surface area contributed by atoms with Crippen LogP contribution in [0, 0.1) is 29.2 Å². The second-order valence-electron chi connectivity index (χ2n) is 19.9. The van der Waals surface area contributed by atoms with Crippen molar-refractivity contribution in [2.45, 2.75) is 167 Å². The number of methoxy groups -OCH3 is 1. The van der Waals surface area contributed by atoms with Gasteiger partial charge in [0.2, 0.25) is 0 Å². The maximum Gasteiger partial charge on any atom is 0.408 e. The Balaban J connectivity index is 1.28. The third-order valence-corrected chi connectivity index (χ3v) is 13.3. The fraction of sp³-hybridized carbons (Fsp3) is 0.638. The van der Waals surface area contributed by atoms with Crippen LogP contribution < -0.4 is 15.4 Å². The van der Waals surface area contributed by atoms with Crippen molar-refractivity contribution in [1.82, 2.24) is 10.2 Å². The zero-order chi connectivity index (χ0) is 41.3. The molecule has 3 aliphatic carbocycles. The number of ether oxygens (including phenoxy) is 3. The molecule has 0 spiro atoms. The lowest BCUT2D eigenvalue weighted by Gasteiger charge is -2.47. The minimum Gasteiger partial charge on any atom is -0.497 e. The standard InChI is InChI=1S/C47H67N3O6Si/c1-11-12-15-37-25-34-26-38(54-7)20-21-39(34)42(50(37)40(51)22-24-57(8,9)10)32-16-18-36(19-17-32)49-46-23-13-14-33-28-47(30-46,29-35(33)27-46)55-43(52)41(31(2)3)48-44(53)56-45(4,5)6/h16-21,26,31,33,35,37,41-42,49H,11-15,23,25,27-30H2,1-10H3,(H,48,53)/t33?,35?,37-,41-,42-,46?,47?/m0/s1. The van der Waals surface area contributed by atoms with Crippen LogP contribution in [0.4, 0.5) is 10.5 Å². The molecule has 57 heavy (non-hydrogen) atoms. The fourth-order valence-corrected chi connectivity index (χ4v) is 10.7. The van der Waals surface area contributed by atoms with Gasteiger partial charge < -0.3 is 29.7 Å². The topological polar surface area (TPSA) is 106 Å². The normalized spacial score (nSPS) is 27.0. The fourth-order valence-electron chi connectivity index (χ4n) is 10.2. The molecule has 1 aliphatic heterocycles. The summed E-state index contributed by atoms with van der Waals surface area (Å²) in [5.74, 6) is 4.26. The molecule has 0 aromatic heterocycles. The first kappa shape index (κ1) is 42.6. The Morgan fingerprint density at radius 3 is 2.39 bits per heavy atom. The van der Waals surface area contributed by atoms with Gasteiger partial charge in [-0.3, -0.25) is 4.79 Å². The van der Waals surface area contributed by atoms with Crippen molar-refractivity contribution < 1.29 is 28.6 Å². The number of fused-ring (bicyclic) bond motifs is 3. The molecule has 310 valence electrons. The van der Waals surface area contributed by atoms with Gasteiger partial charge in [-0.1, -0.05) is 77.9 Å². The molecule has 1 heterocycles. The monoisotopic (exact) mass is 797 g/mol. The molecule has 3 bridgehead atoms. The second-order valence-corrected chi connectivity index (χ2v) is 24.6. The van der Waals surface area contributed by atoms with Crippen LogP contribution in [-0.4, -0.2) is 66.9 Å². The molecule has 0 radical (unpaired) electrons. The van der Waals surface area contributed by atoms with Crippen LogP contribution in [0.3, 0.4) is 0 Å². The third kappa shape index (κ3) is 10.0. The van der Waals surface area contributed by atoms with Crippen LogP contribution >= 0.6 is 0 Å². The molecule has 4 aliphatic rings. The summed E-state index contributed by atoms with van der Waals surface area (Å²) < 4.78 is 17.7. The summed E-state index contributed by atoms with van der Waals surface area (Å²) in [6.45, 7) is 18.0. The number of carbonyl (C=O) groups is 3. The quantitative estimate of drug-likeness (QED) is 0.133. The summed E-state index contributed by atoms with van der Waals surface area (Å²) in [7, 11) is -0.0825. The summed E-state index contributed by atoms with van der Waals surface area (Å²) >= 11 is 0. The number of nitrogens with one attached hydrogen (secondary N) is 2. The Morgan fingerprint density at radius 2 is 1.74 bits per heavy atom. The van der Waals surface area contributed by atoms with Gasteiger partial charge in [0.1, 0.15) is 31.1 Å². The molecule has 2 aromatic carbocycles. The highest BCUT2D eigenvalue weighted by molar-refractivity contribution is 6.84. The summed E-state index contributed by atoms with van der Waals surface area (Å²) in [5.41, 5.74) is 6.29. The Bertz CT molecular complexity index is 1850. The zero-order valence-electron chi connectivity index (χ0n) is 36.2. The molecule has 2 amide bonds. The number of nitrogens with zero attached hydrogens (tertiary/aromatic N) is 1. The first-order valence-electron chi connectivity index (χ1n) is 21.4. The Labute approximate surface area is 342 Å². The smallest absolute Gasteiger partial charge is 0.408 e. The predicted molar refractivity (Wildman–Crippen MR) is 229 cm³/mol. The van der Waals surface area contributed by atoms with E-state index in [1.807, 2.05) is 40.7 Å². The maximum atomic E-state index is 14.2. The molecule has 0 saturated heterocycles. The van der Waals surface area contributed by atoms with Crippen LogP contribution in [-0.2, 0) is 25.5 Å². The van der Waals surface area contributed by atoms with E-state index in [2.05, 4.69) is 90.0 Å². The SMILES string of the molecule is CCCC[C@H]1Cc2cc(OC)ccc2[C@H](c2ccc(NC34CCCC5CC(OC(=O)[C@@H](NC(=O)OC(C)(C)C)C(C)C)(CC5C3)C4)cc2)N1C(=O)C#C[Si](C)(C)C. The summed E-state index contributed by atoms with van der Waals surface area (Å²) in [5, 5.41) is 6.82. The van der Waals surface area contributed by atoms with E-state index in [0.29, 0.717) is 11.8 Å². The number of anilines is 1. The Hall–Kier alpha value is -3.97. The van der Waals surface area contributed by atoms with Gasteiger partial charge in [-0.15, -0.1) is 5.54 Å². The summed E-state index contributed by atoms with van der Waals surface area (Å²) in [6, 6.07) is 13.9. The van der Waals surface area contributed by atoms with Gasteiger partial charge in [0.25, 0.3) is 5.91 Å². The highest BCUT2D eigenvalue weighted by Crippen LogP contribution is 2.59. The summed E-state index contributed by atoms with van der Waals surface area (Å²) in [4.78, 5) is 43.0. The van der Waals surface area contributed by atoms with E-state index in [1.54, 1.807) is 7.11 Å². The maximum absolute atomic E-state index is 14.2. The van der Waals surface area contributed by atoms with E-state index in [-0.39, 0.29) is 35.4 Å². The Morgan fingerprint density at radius 1 is 1.02 bits per heavy atom. The first-order valence-corrected chi connectivity index (χ1v) is 24.9. The van der Waals surface area contributed by atoms with Crippen LogP contribution in [0.5, 0.6) is 5.75 Å². The number of hydrogen-bond acceptors (Lipinski definition) is 7. The second kappa shape index (κ2) is 16.7. The van der Waals surface area contributed by atoms with Gasteiger partial charge in [0.15, 0.2) is 0 Å². The van der Waals surface area contributed by atoms with Crippen molar-refractivity contribution in [3.8, 4) is 17.2 Å². The van der Waals surface area contributed by atoms with Crippen molar-refractivity contribution in [2.75, 3.05) is 12.4 Å². The van der Waals surface area contributed by atoms with E-state index in [1.165, 1.54) is 5.56 Å². The van der Waals surface area contributed by atoms with E-state index < -0.39 is 31.4 Å². The Kier molecular flexibility index (Phi) is 12.5. The predicted octanol–water partition coefficient (Wildman–Crippen LogP) is 9.59. The number of hydrogen-bond donors (Lipinski definition) is 2. The number of alkyl carbamates (subject to hydrolysis) is 1. The van der Waals surface area contributed by atoms with Gasteiger partial charge in [0.05, 0.1) is 13.2 Å². The molecule has 10 heteroatoms. The van der Waals surface area contributed by atoms with E-state index in [0.717, 1.165) is 93.2 Å². The first-order chi connectivity index (χ1) is 26.8. The van der Waals surface area contributed by atoms with Gasteiger partial charge in [-0.2, -0.15) is 0 Å². The lowest BCUT2D eigenvalue weighted by Crippen LogP contribution is -2.54. The number of benzene rings is 2. The lowest BCUT2D eigenvalue weighted by atomic mass is 9.71. The van der Waals surface area contributed by atoms with Crippen LogP contribution in [0.2, 0.25) is 19.6 Å². The lowest BCUT2D eigenvalue weighted by molar-refractivity contribution is -0.167. The van der Waals surface area contributed by atoms with Crippen molar-refractivity contribution in [3.63, 3.8) is 0 Å². The van der Waals surface area contributed by atoms with Crippen LogP contribution in [0.15, 0.2) is 42.5 Å². The van der Waals surface area contributed by atoms with Crippen molar-refractivity contribution in [1.29, 1.82) is 0 Å². The zero-order valence-corrected chi connectivity index (χ0v) is 37.2. The highest BCUT2D eigenvalue weighted by atomic mass is 28.3. The molecular formula is C47H67N3O6Si. The third-order valence-electron chi connectivity index (χ3n) is 12.5. The molecule has 6 rings (SSSR count). The van der Waals surface area contributed by atoms with Crippen LogP contribution in [0.1, 0.15) is 128 Å². The van der Waals surface area contributed by atoms with Crippen molar-refractivity contribution in [3.05, 3.63) is 59.2 Å². The molecule has 3 saturated carbocycles. The highest BCUT2D eigenvalue weighted by Gasteiger charge is 2.59. The molecule has 3 fully saturated rings. The molecule has 9 nitrogen and oxygen atoms in total. The van der Waals surface area contributed by atoms with Gasteiger partial charge in [-0.25, -0.2) is 9.59 Å². The minimum atomic E-state index is -1.78. The molecule has 4 unspecified atom stereocenters. The van der Waals surface area contributed by atoms with E-state index in [9.17, 15) is 14.4 Å². The molecule has 7 atom stereocenters. The van der Waals surface area contributed by atoms with Crippen molar-refractivity contribution >= 4 is 31.7 Å². The minimum absolute atomic E-state index is 0.0276. The molecule has 2 N–H and O–H groups in total. The number of amides is 2. The summed E-state index contributed by atoms with van der Waals surface area (Å²) in [6.07, 6.45) is 9.91. The number of carbonyl (C=O) groups excluding carboxylic acids is 3. The molecular weight excluding hydrogens is 731 g/mol. The van der Waals surface area contributed by atoms with Crippen LogP contribution in [0.25, 0.3) is 0 Å². The largest absolute Gasteiger partial charge is 0.497 e. The van der Waals surface area contributed by atoms with Gasteiger partial charge in [0, 0.05) is 23.7 Å². The number of rotatable bonds is 11. The van der Waals surface area contributed by atoms with Gasteiger partial charge in [-0.05, 0) is 130 Å². The number of unbranched alkanes of at least 4 members (excludes halogenated alkanes) is 1. The molecule has 2 aromatic rings. The van der Waals surface area contributed by atoms with E-state index >= 15 is 0 Å². The van der Waals surface area contributed by atoms with Gasteiger partial charge >= 0.3 is 12.1 Å². The average Bonchev–Trinajstić information content (AvgIpc) is 3.30. The van der Waals surface area contributed by atoms with E-state index in [4.69, 9.17) is 14.2 Å². The average molecular weight is 798 g/mol.